The van der Waals surface area contributed by atoms with Gasteiger partial charge >= 0.3 is 0 Å². The molecular weight excluding hydrogens is 284 g/mol. The largest absolute Gasteiger partial charge is 0.398 e. The third kappa shape index (κ3) is 4.02. The van der Waals surface area contributed by atoms with Gasteiger partial charge in [-0.25, -0.2) is 0 Å². The van der Waals surface area contributed by atoms with E-state index in [0.29, 0.717) is 17.8 Å². The highest BCUT2D eigenvalue weighted by Crippen LogP contribution is 2.20. The van der Waals surface area contributed by atoms with Crippen LogP contribution in [0.25, 0.3) is 0 Å². The standard InChI is InChI=1S/C12H17BrN2O2/c1-12(2,17-3)7-15-11(16)8-4-5-10(14)9(13)6-8/h4-6H,7,14H2,1-3H3,(H,15,16). The van der Waals surface area contributed by atoms with Crippen LogP contribution in [0.5, 0.6) is 0 Å². The number of rotatable bonds is 4. The molecule has 0 atom stereocenters. The van der Waals surface area contributed by atoms with Crippen molar-refractivity contribution in [2.24, 2.45) is 0 Å². The van der Waals surface area contributed by atoms with Crippen molar-refractivity contribution in [1.82, 2.24) is 5.32 Å². The summed E-state index contributed by atoms with van der Waals surface area (Å²) in [5.41, 5.74) is 6.46. The van der Waals surface area contributed by atoms with Gasteiger partial charge in [0.25, 0.3) is 5.91 Å². The van der Waals surface area contributed by atoms with Gasteiger partial charge in [0.2, 0.25) is 0 Å². The third-order valence-corrected chi connectivity index (χ3v) is 3.18. The lowest BCUT2D eigenvalue weighted by Crippen LogP contribution is -2.39. The summed E-state index contributed by atoms with van der Waals surface area (Å²) in [6, 6.07) is 5.08. The Hall–Kier alpha value is -1.07. The van der Waals surface area contributed by atoms with Gasteiger partial charge < -0.3 is 15.8 Å². The van der Waals surface area contributed by atoms with Gasteiger partial charge in [-0.15, -0.1) is 0 Å². The zero-order valence-corrected chi connectivity index (χ0v) is 11.8. The Bertz CT molecular complexity index is 419. The second-order valence-corrected chi connectivity index (χ2v) is 5.24. The van der Waals surface area contributed by atoms with Crippen LogP contribution in [0.1, 0.15) is 24.2 Å². The predicted molar refractivity (Wildman–Crippen MR) is 72.0 cm³/mol. The Balaban J connectivity index is 2.68. The van der Waals surface area contributed by atoms with Crippen molar-refractivity contribution in [2.45, 2.75) is 19.4 Å². The van der Waals surface area contributed by atoms with Crippen molar-refractivity contribution in [3.63, 3.8) is 0 Å². The quantitative estimate of drug-likeness (QED) is 0.838. The number of ether oxygens (including phenoxy) is 1. The number of anilines is 1. The molecule has 5 heteroatoms. The molecule has 0 heterocycles. The Labute approximate surface area is 110 Å². The number of nitrogen functional groups attached to an aromatic ring is 1. The molecule has 94 valence electrons. The van der Waals surface area contributed by atoms with Crippen molar-refractivity contribution in [3.05, 3.63) is 28.2 Å². The molecule has 0 bridgehead atoms. The van der Waals surface area contributed by atoms with Crippen molar-refractivity contribution in [2.75, 3.05) is 19.4 Å². The number of nitrogens with two attached hydrogens (primary N) is 1. The number of methoxy groups -OCH3 is 1. The summed E-state index contributed by atoms with van der Waals surface area (Å²) in [5.74, 6) is -0.143. The van der Waals surface area contributed by atoms with Gasteiger partial charge in [-0.2, -0.15) is 0 Å². The average molecular weight is 301 g/mol. The SMILES string of the molecule is COC(C)(C)CNC(=O)c1ccc(N)c(Br)c1. The van der Waals surface area contributed by atoms with Gasteiger partial charge in [0, 0.05) is 29.4 Å². The number of benzene rings is 1. The molecule has 1 aromatic rings. The van der Waals surface area contributed by atoms with E-state index in [1.165, 1.54) is 0 Å². The zero-order chi connectivity index (χ0) is 13.1. The molecule has 3 N–H and O–H groups in total. The molecule has 1 amide bonds. The fraction of sp³-hybridized carbons (Fsp3) is 0.417. The maximum Gasteiger partial charge on any atom is 0.251 e. The summed E-state index contributed by atoms with van der Waals surface area (Å²) in [4.78, 5) is 11.8. The molecule has 0 aliphatic heterocycles. The average Bonchev–Trinajstić information content (AvgIpc) is 2.30. The lowest BCUT2D eigenvalue weighted by atomic mass is 10.1. The topological polar surface area (TPSA) is 64.3 Å². The molecule has 0 unspecified atom stereocenters. The van der Waals surface area contributed by atoms with E-state index in [2.05, 4.69) is 21.2 Å². The lowest BCUT2D eigenvalue weighted by Gasteiger charge is -2.23. The molecule has 1 rings (SSSR count). The van der Waals surface area contributed by atoms with Crippen molar-refractivity contribution in [1.29, 1.82) is 0 Å². The van der Waals surface area contributed by atoms with E-state index in [4.69, 9.17) is 10.5 Å². The number of amides is 1. The first kappa shape index (κ1) is 14.0. The first-order chi connectivity index (χ1) is 7.85. The molecule has 0 spiro atoms. The highest BCUT2D eigenvalue weighted by molar-refractivity contribution is 9.10. The summed E-state index contributed by atoms with van der Waals surface area (Å²) in [6.07, 6.45) is 0. The van der Waals surface area contributed by atoms with Gasteiger partial charge in [0.1, 0.15) is 0 Å². The van der Waals surface area contributed by atoms with Crippen LogP contribution in [0.3, 0.4) is 0 Å². The minimum Gasteiger partial charge on any atom is -0.398 e. The maximum atomic E-state index is 11.8. The summed E-state index contributed by atoms with van der Waals surface area (Å²) in [7, 11) is 1.62. The van der Waals surface area contributed by atoms with Gasteiger partial charge in [0.15, 0.2) is 0 Å². The third-order valence-electron chi connectivity index (χ3n) is 2.49. The Morgan fingerprint density at radius 2 is 2.18 bits per heavy atom. The Morgan fingerprint density at radius 3 is 2.71 bits per heavy atom. The molecule has 17 heavy (non-hydrogen) atoms. The summed E-state index contributed by atoms with van der Waals surface area (Å²) in [5, 5.41) is 2.81. The summed E-state index contributed by atoms with van der Waals surface area (Å²) in [6.45, 7) is 4.27. The molecule has 0 saturated carbocycles. The van der Waals surface area contributed by atoms with Crippen LogP contribution in [-0.2, 0) is 4.74 Å². The number of nitrogens with one attached hydrogen (secondary N) is 1. The van der Waals surface area contributed by atoms with Crippen LogP contribution < -0.4 is 11.1 Å². The van der Waals surface area contributed by atoms with E-state index < -0.39 is 0 Å². The van der Waals surface area contributed by atoms with Gasteiger partial charge in [-0.3, -0.25) is 4.79 Å². The van der Waals surface area contributed by atoms with E-state index in [0.717, 1.165) is 4.47 Å². The van der Waals surface area contributed by atoms with Crippen LogP contribution in [-0.4, -0.2) is 25.2 Å². The van der Waals surface area contributed by atoms with Gasteiger partial charge in [0.05, 0.1) is 5.60 Å². The second-order valence-electron chi connectivity index (χ2n) is 4.38. The molecular formula is C12H17BrN2O2. The fourth-order valence-electron chi connectivity index (χ4n) is 1.14. The van der Waals surface area contributed by atoms with E-state index in [1.807, 2.05) is 13.8 Å². The van der Waals surface area contributed by atoms with Gasteiger partial charge in [-0.05, 0) is 48.0 Å². The lowest BCUT2D eigenvalue weighted by molar-refractivity contribution is 0.0229. The molecule has 0 fully saturated rings. The van der Waals surface area contributed by atoms with E-state index in [9.17, 15) is 4.79 Å². The van der Waals surface area contributed by atoms with Crippen LogP contribution in [0, 0.1) is 0 Å². The van der Waals surface area contributed by atoms with E-state index in [1.54, 1.807) is 25.3 Å². The smallest absolute Gasteiger partial charge is 0.251 e. The van der Waals surface area contributed by atoms with Crippen LogP contribution >= 0.6 is 15.9 Å². The first-order valence-electron chi connectivity index (χ1n) is 5.24. The minimum atomic E-state index is -0.374. The molecule has 1 aromatic carbocycles. The zero-order valence-electron chi connectivity index (χ0n) is 10.2. The minimum absolute atomic E-state index is 0.143. The number of carbonyl (C=O) groups excluding carboxylic acids is 1. The Kier molecular flexibility index (Phi) is 4.54. The molecule has 0 saturated heterocycles. The van der Waals surface area contributed by atoms with Crippen LogP contribution in [0.15, 0.2) is 22.7 Å². The van der Waals surface area contributed by atoms with Crippen molar-refractivity contribution < 1.29 is 9.53 Å². The van der Waals surface area contributed by atoms with E-state index in [-0.39, 0.29) is 11.5 Å². The van der Waals surface area contributed by atoms with Crippen molar-refractivity contribution in [3.8, 4) is 0 Å². The van der Waals surface area contributed by atoms with E-state index >= 15 is 0 Å². The fourth-order valence-corrected chi connectivity index (χ4v) is 1.51. The molecule has 4 nitrogen and oxygen atoms in total. The highest BCUT2D eigenvalue weighted by atomic mass is 79.9. The predicted octanol–water partition coefficient (Wildman–Crippen LogP) is 2.19. The normalized spacial score (nSPS) is 11.3. The first-order valence-corrected chi connectivity index (χ1v) is 6.03. The van der Waals surface area contributed by atoms with Crippen LogP contribution in [0.2, 0.25) is 0 Å². The summed E-state index contributed by atoms with van der Waals surface area (Å²) >= 11 is 3.29. The molecule has 0 aliphatic carbocycles. The number of hydrogen-bond acceptors (Lipinski definition) is 3. The molecule has 0 aliphatic rings. The monoisotopic (exact) mass is 300 g/mol. The summed E-state index contributed by atoms with van der Waals surface area (Å²) < 4.78 is 5.94. The molecule has 0 radical (unpaired) electrons. The molecule has 0 aromatic heterocycles. The number of hydrogen-bond donors (Lipinski definition) is 2. The van der Waals surface area contributed by atoms with Crippen LogP contribution in [0.4, 0.5) is 5.69 Å². The van der Waals surface area contributed by atoms with Crippen molar-refractivity contribution >= 4 is 27.5 Å². The second kappa shape index (κ2) is 5.51. The Morgan fingerprint density at radius 1 is 1.53 bits per heavy atom. The maximum absolute atomic E-state index is 11.8. The number of carbonyl (C=O) groups is 1. The van der Waals surface area contributed by atoms with Gasteiger partial charge in [-0.1, -0.05) is 0 Å². The highest BCUT2D eigenvalue weighted by Gasteiger charge is 2.18. The number of halogens is 1.